The molecule has 1 aliphatic rings. The van der Waals surface area contributed by atoms with E-state index in [0.29, 0.717) is 18.7 Å². The molecule has 5 nitrogen and oxygen atoms in total. The van der Waals surface area contributed by atoms with Gasteiger partial charge in [-0.3, -0.25) is 4.79 Å². The fraction of sp³-hybridized carbons (Fsp3) is 0.208. The number of para-hydroxylation sites is 1. The minimum absolute atomic E-state index is 0.0939. The molecule has 0 saturated heterocycles. The van der Waals surface area contributed by atoms with Crippen LogP contribution in [0.4, 0.5) is 0 Å². The zero-order valence-electron chi connectivity index (χ0n) is 16.3. The third-order valence-electron chi connectivity index (χ3n) is 4.67. The van der Waals surface area contributed by atoms with Crippen LogP contribution >= 0.6 is 0 Å². The smallest absolute Gasteiger partial charge is 0.251 e. The SMILES string of the molecule is CCOc1ccc(C(=O)NCC2Cc3cc(Oc4ccccc4)ccc3O2)cc1. The van der Waals surface area contributed by atoms with Crippen LogP contribution < -0.4 is 19.5 Å². The van der Waals surface area contributed by atoms with Crippen molar-refractivity contribution in [2.24, 2.45) is 0 Å². The highest BCUT2D eigenvalue weighted by atomic mass is 16.5. The van der Waals surface area contributed by atoms with Gasteiger partial charge in [-0.1, -0.05) is 18.2 Å². The summed E-state index contributed by atoms with van der Waals surface area (Å²) in [6.07, 6.45) is 0.633. The molecule has 3 aromatic carbocycles. The minimum atomic E-state index is -0.124. The molecule has 0 radical (unpaired) electrons. The lowest BCUT2D eigenvalue weighted by atomic mass is 10.1. The Morgan fingerprint density at radius 3 is 2.52 bits per heavy atom. The third kappa shape index (κ3) is 4.69. The van der Waals surface area contributed by atoms with Gasteiger partial charge in [-0.2, -0.15) is 0 Å². The van der Waals surface area contributed by atoms with E-state index in [2.05, 4.69) is 5.32 Å². The summed E-state index contributed by atoms with van der Waals surface area (Å²) in [5.41, 5.74) is 1.68. The molecule has 3 aromatic rings. The van der Waals surface area contributed by atoms with Crippen molar-refractivity contribution in [3.8, 4) is 23.0 Å². The van der Waals surface area contributed by atoms with Gasteiger partial charge in [-0.25, -0.2) is 0 Å². The monoisotopic (exact) mass is 389 g/mol. The second-order valence-electron chi connectivity index (χ2n) is 6.80. The van der Waals surface area contributed by atoms with Crippen LogP contribution in [-0.4, -0.2) is 25.2 Å². The number of hydrogen-bond acceptors (Lipinski definition) is 4. The average molecular weight is 389 g/mol. The van der Waals surface area contributed by atoms with Gasteiger partial charge in [-0.05, 0) is 61.5 Å². The molecule has 0 aromatic heterocycles. The highest BCUT2D eigenvalue weighted by Crippen LogP contribution is 2.33. The Hall–Kier alpha value is -3.47. The van der Waals surface area contributed by atoms with Gasteiger partial charge in [0.1, 0.15) is 29.1 Å². The highest BCUT2D eigenvalue weighted by Gasteiger charge is 2.24. The van der Waals surface area contributed by atoms with Crippen molar-refractivity contribution in [1.29, 1.82) is 0 Å². The number of carbonyl (C=O) groups excluding carboxylic acids is 1. The van der Waals surface area contributed by atoms with Gasteiger partial charge in [0, 0.05) is 17.5 Å². The largest absolute Gasteiger partial charge is 0.494 e. The molecular formula is C24H23NO4. The Morgan fingerprint density at radius 1 is 1.00 bits per heavy atom. The van der Waals surface area contributed by atoms with Crippen LogP contribution in [0.2, 0.25) is 0 Å². The average Bonchev–Trinajstić information content (AvgIpc) is 3.16. The summed E-state index contributed by atoms with van der Waals surface area (Å²) in [4.78, 5) is 12.4. The highest BCUT2D eigenvalue weighted by molar-refractivity contribution is 5.94. The minimum Gasteiger partial charge on any atom is -0.494 e. The summed E-state index contributed by atoms with van der Waals surface area (Å²) in [7, 11) is 0. The maximum Gasteiger partial charge on any atom is 0.251 e. The fourth-order valence-electron chi connectivity index (χ4n) is 3.28. The molecule has 1 unspecified atom stereocenters. The second kappa shape index (κ2) is 8.69. The summed E-state index contributed by atoms with van der Waals surface area (Å²) in [6.45, 7) is 2.97. The first-order valence-corrected chi connectivity index (χ1v) is 9.75. The van der Waals surface area contributed by atoms with E-state index in [4.69, 9.17) is 14.2 Å². The van der Waals surface area contributed by atoms with Gasteiger partial charge in [0.2, 0.25) is 0 Å². The quantitative estimate of drug-likeness (QED) is 0.641. The summed E-state index contributed by atoms with van der Waals surface area (Å²) in [6, 6.07) is 22.6. The molecule has 4 rings (SSSR count). The van der Waals surface area contributed by atoms with Gasteiger partial charge in [0.15, 0.2) is 0 Å². The molecule has 1 heterocycles. The molecule has 5 heteroatoms. The normalized spacial score (nSPS) is 14.6. The number of hydrogen-bond donors (Lipinski definition) is 1. The predicted octanol–water partition coefficient (Wildman–Crippen LogP) is 4.61. The fourth-order valence-corrected chi connectivity index (χ4v) is 3.28. The maximum absolute atomic E-state index is 12.4. The van der Waals surface area contributed by atoms with Crippen LogP contribution in [0, 0.1) is 0 Å². The molecule has 0 saturated carbocycles. The Bertz CT molecular complexity index is 970. The third-order valence-corrected chi connectivity index (χ3v) is 4.67. The number of carbonyl (C=O) groups is 1. The lowest BCUT2D eigenvalue weighted by Gasteiger charge is -2.12. The molecule has 0 aliphatic carbocycles. The number of rotatable bonds is 7. The van der Waals surface area contributed by atoms with E-state index in [-0.39, 0.29) is 12.0 Å². The van der Waals surface area contributed by atoms with Crippen LogP contribution in [-0.2, 0) is 6.42 Å². The van der Waals surface area contributed by atoms with Gasteiger partial charge < -0.3 is 19.5 Å². The van der Waals surface area contributed by atoms with Crippen LogP contribution in [0.25, 0.3) is 0 Å². The molecule has 0 spiro atoms. The number of benzene rings is 3. The Kier molecular flexibility index (Phi) is 5.66. The molecule has 1 N–H and O–H groups in total. The van der Waals surface area contributed by atoms with Crippen molar-refractivity contribution in [3.63, 3.8) is 0 Å². The molecule has 29 heavy (non-hydrogen) atoms. The maximum atomic E-state index is 12.4. The number of fused-ring (bicyclic) bond motifs is 1. The number of nitrogens with one attached hydrogen (secondary N) is 1. The van der Waals surface area contributed by atoms with Gasteiger partial charge in [0.05, 0.1) is 13.2 Å². The zero-order valence-corrected chi connectivity index (χ0v) is 16.3. The van der Waals surface area contributed by atoms with Gasteiger partial charge in [0.25, 0.3) is 5.91 Å². The van der Waals surface area contributed by atoms with E-state index in [1.807, 2.05) is 55.5 Å². The first-order chi connectivity index (χ1) is 14.2. The van der Waals surface area contributed by atoms with E-state index in [0.717, 1.165) is 35.0 Å². The molecule has 1 amide bonds. The molecule has 1 aliphatic heterocycles. The summed E-state index contributed by atoms with van der Waals surface area (Å²) >= 11 is 0. The van der Waals surface area contributed by atoms with E-state index >= 15 is 0 Å². The van der Waals surface area contributed by atoms with Crippen molar-refractivity contribution in [2.45, 2.75) is 19.4 Å². The van der Waals surface area contributed by atoms with Gasteiger partial charge in [-0.15, -0.1) is 0 Å². The Balaban J connectivity index is 1.32. The lowest BCUT2D eigenvalue weighted by molar-refractivity contribution is 0.0933. The molecule has 1 atom stereocenters. The summed E-state index contributed by atoms with van der Waals surface area (Å²) in [5, 5.41) is 2.95. The molecule has 0 bridgehead atoms. The van der Waals surface area contributed by atoms with Crippen LogP contribution in [0.5, 0.6) is 23.0 Å². The predicted molar refractivity (Wildman–Crippen MR) is 111 cm³/mol. The van der Waals surface area contributed by atoms with Crippen molar-refractivity contribution in [1.82, 2.24) is 5.32 Å². The Morgan fingerprint density at radius 2 is 1.76 bits per heavy atom. The van der Waals surface area contributed by atoms with Crippen molar-refractivity contribution >= 4 is 5.91 Å². The van der Waals surface area contributed by atoms with Crippen LogP contribution in [0.15, 0.2) is 72.8 Å². The van der Waals surface area contributed by atoms with Crippen LogP contribution in [0.1, 0.15) is 22.8 Å². The van der Waals surface area contributed by atoms with Gasteiger partial charge >= 0.3 is 0 Å². The van der Waals surface area contributed by atoms with E-state index in [1.54, 1.807) is 24.3 Å². The van der Waals surface area contributed by atoms with Crippen molar-refractivity contribution in [2.75, 3.05) is 13.2 Å². The first-order valence-electron chi connectivity index (χ1n) is 9.75. The van der Waals surface area contributed by atoms with Crippen molar-refractivity contribution in [3.05, 3.63) is 83.9 Å². The van der Waals surface area contributed by atoms with E-state index in [1.165, 1.54) is 0 Å². The topological polar surface area (TPSA) is 56.8 Å². The number of ether oxygens (including phenoxy) is 3. The standard InChI is InChI=1S/C24H23NO4/c1-2-27-19-10-8-17(9-11-19)24(26)25-16-22-15-18-14-21(12-13-23(18)29-22)28-20-6-4-3-5-7-20/h3-14,22H,2,15-16H2,1H3,(H,25,26). The van der Waals surface area contributed by atoms with Crippen LogP contribution in [0.3, 0.4) is 0 Å². The summed E-state index contributed by atoms with van der Waals surface area (Å²) in [5.74, 6) is 3.04. The first kappa shape index (κ1) is 18.9. The Labute approximate surface area is 170 Å². The molecule has 148 valence electrons. The zero-order chi connectivity index (χ0) is 20.1. The molecule has 0 fully saturated rings. The molecular weight excluding hydrogens is 366 g/mol. The second-order valence-corrected chi connectivity index (χ2v) is 6.80. The van der Waals surface area contributed by atoms with Crippen molar-refractivity contribution < 1.29 is 19.0 Å². The number of amides is 1. The lowest BCUT2D eigenvalue weighted by Crippen LogP contribution is -2.34. The van der Waals surface area contributed by atoms with E-state index in [9.17, 15) is 4.79 Å². The van der Waals surface area contributed by atoms with E-state index < -0.39 is 0 Å². The summed E-state index contributed by atoms with van der Waals surface area (Å²) < 4.78 is 17.2.